The molecule has 178 valence electrons. The summed E-state index contributed by atoms with van der Waals surface area (Å²) in [5.41, 5.74) is 2.82. The minimum atomic E-state index is -1.94. The van der Waals surface area contributed by atoms with Crippen LogP contribution in [0, 0.1) is 0 Å². The van der Waals surface area contributed by atoms with Gasteiger partial charge in [-0.3, -0.25) is 0 Å². The second-order valence-electron chi connectivity index (χ2n) is 10.1. The monoisotopic (exact) mass is 471 g/mol. The van der Waals surface area contributed by atoms with Gasteiger partial charge in [0.1, 0.15) is 5.60 Å². The Morgan fingerprint density at radius 2 is 1.44 bits per heavy atom. The lowest BCUT2D eigenvalue weighted by Crippen LogP contribution is -2.53. The highest BCUT2D eigenvalue weighted by molar-refractivity contribution is 6.69. The fraction of sp³-hybridized carbons (Fsp3) is 0.333. The summed E-state index contributed by atoms with van der Waals surface area (Å²) in [5.74, 6) is 0. The normalized spacial score (nSPS) is 17.9. The fourth-order valence-electron chi connectivity index (χ4n) is 5.13. The molecule has 0 spiro atoms. The van der Waals surface area contributed by atoms with Gasteiger partial charge in [-0.05, 0) is 61.8 Å². The summed E-state index contributed by atoms with van der Waals surface area (Å²) < 4.78 is 7.22. The summed E-state index contributed by atoms with van der Waals surface area (Å²) >= 11 is 0. The molecule has 0 unspecified atom stereocenters. The van der Waals surface area contributed by atoms with Crippen LogP contribution in [0.3, 0.4) is 0 Å². The average Bonchev–Trinajstić information content (AvgIpc) is 3.32. The first-order chi connectivity index (χ1) is 16.4. The number of hydrogen-bond acceptors (Lipinski definition) is 3. The van der Waals surface area contributed by atoms with Crippen molar-refractivity contribution < 1.29 is 9.53 Å². The number of hydrogen-bond donors (Lipinski definition) is 1. The van der Waals surface area contributed by atoms with Crippen molar-refractivity contribution in [3.05, 3.63) is 120 Å². The number of likely N-dealkylation sites (tertiary alicyclic amines) is 1. The lowest BCUT2D eigenvalue weighted by Gasteiger charge is -2.47. The third kappa shape index (κ3) is 5.52. The predicted molar refractivity (Wildman–Crippen MR) is 143 cm³/mol. The molecule has 3 aromatic rings. The zero-order valence-corrected chi connectivity index (χ0v) is 21.6. The minimum Gasteiger partial charge on any atom is -0.402 e. The van der Waals surface area contributed by atoms with Crippen LogP contribution in [0.1, 0.15) is 42.1 Å². The Morgan fingerprint density at radius 3 is 1.97 bits per heavy atom. The highest BCUT2D eigenvalue weighted by Gasteiger charge is 2.49. The van der Waals surface area contributed by atoms with Gasteiger partial charge in [0.2, 0.25) is 0 Å². The molecular formula is C30H37NO2Si. The molecule has 1 fully saturated rings. The number of nitrogens with zero attached hydrogens (tertiary/aromatic N) is 1. The Labute approximate surface area is 205 Å². The van der Waals surface area contributed by atoms with Gasteiger partial charge in [0, 0.05) is 6.54 Å². The summed E-state index contributed by atoms with van der Waals surface area (Å²) in [6.07, 6.45) is 6.58. The molecule has 1 aliphatic heterocycles. The Kier molecular flexibility index (Phi) is 7.72. The second-order valence-corrected chi connectivity index (χ2v) is 14.6. The third-order valence-electron chi connectivity index (χ3n) is 6.48. The Hall–Kier alpha value is -2.66. The van der Waals surface area contributed by atoms with Gasteiger partial charge in [0.05, 0.1) is 12.1 Å². The van der Waals surface area contributed by atoms with E-state index in [1.807, 2.05) is 30.3 Å². The van der Waals surface area contributed by atoms with Gasteiger partial charge < -0.3 is 14.4 Å². The van der Waals surface area contributed by atoms with Gasteiger partial charge >= 0.3 is 0 Å². The second kappa shape index (κ2) is 10.7. The van der Waals surface area contributed by atoms with Crippen molar-refractivity contribution in [2.24, 2.45) is 0 Å². The molecule has 1 heterocycles. The van der Waals surface area contributed by atoms with Crippen molar-refractivity contribution in [3.8, 4) is 0 Å². The smallest absolute Gasteiger partial charge is 0.185 e. The molecule has 1 N–H and O–H groups in total. The first-order valence-electron chi connectivity index (χ1n) is 12.4. The van der Waals surface area contributed by atoms with E-state index in [1.165, 1.54) is 11.1 Å². The van der Waals surface area contributed by atoms with Crippen molar-refractivity contribution in [1.29, 1.82) is 0 Å². The van der Waals surface area contributed by atoms with Crippen molar-refractivity contribution in [2.75, 3.05) is 6.54 Å². The summed E-state index contributed by atoms with van der Waals surface area (Å²) in [4.78, 5) is 2.44. The van der Waals surface area contributed by atoms with Gasteiger partial charge in [0.25, 0.3) is 0 Å². The SMILES string of the molecule is C[Si](C)(C)OC(c1ccccc1)(c1ccccc1)[C@@H]1CCCN1/C=C/C[C@H](O)c1ccccc1. The van der Waals surface area contributed by atoms with Crippen molar-refractivity contribution in [1.82, 2.24) is 4.90 Å². The maximum atomic E-state index is 10.6. The van der Waals surface area contributed by atoms with E-state index in [0.29, 0.717) is 6.42 Å². The Balaban J connectivity index is 1.70. The van der Waals surface area contributed by atoms with Crippen LogP contribution in [0.5, 0.6) is 0 Å². The molecule has 0 aliphatic carbocycles. The van der Waals surface area contributed by atoms with Gasteiger partial charge in [-0.2, -0.15) is 0 Å². The lowest BCUT2D eigenvalue weighted by atomic mass is 9.79. The quantitative estimate of drug-likeness (QED) is 0.345. The van der Waals surface area contributed by atoms with E-state index in [2.05, 4.69) is 97.5 Å². The van der Waals surface area contributed by atoms with E-state index in [0.717, 1.165) is 24.9 Å². The van der Waals surface area contributed by atoms with E-state index in [-0.39, 0.29) is 6.04 Å². The third-order valence-corrected chi connectivity index (χ3v) is 7.41. The van der Waals surface area contributed by atoms with Crippen LogP contribution in [0.2, 0.25) is 19.6 Å². The van der Waals surface area contributed by atoms with Crippen molar-refractivity contribution in [3.63, 3.8) is 0 Å². The van der Waals surface area contributed by atoms with Crippen molar-refractivity contribution >= 4 is 8.32 Å². The molecule has 0 aromatic heterocycles. The molecule has 4 rings (SSSR count). The van der Waals surface area contributed by atoms with Crippen LogP contribution in [-0.2, 0) is 10.0 Å². The van der Waals surface area contributed by atoms with E-state index in [1.54, 1.807) is 0 Å². The lowest BCUT2D eigenvalue weighted by molar-refractivity contribution is 0.0283. The van der Waals surface area contributed by atoms with Gasteiger partial charge in [-0.15, -0.1) is 0 Å². The average molecular weight is 472 g/mol. The zero-order valence-electron chi connectivity index (χ0n) is 20.6. The topological polar surface area (TPSA) is 32.7 Å². The molecule has 3 nitrogen and oxygen atoms in total. The standard InChI is InChI=1S/C30H37NO2Si/c1-34(2,3)33-30(26-17-9-5-10-18-26,27-19-11-6-12-20-27)29-22-14-24-31(29)23-13-21-28(32)25-15-7-4-8-16-25/h4-13,15-20,23,28-29,32H,14,21-22,24H2,1-3H3/b23-13+/t28-,29-/m0/s1. The Morgan fingerprint density at radius 1 is 0.912 bits per heavy atom. The molecule has 1 aliphatic rings. The van der Waals surface area contributed by atoms with Gasteiger partial charge in [-0.25, -0.2) is 0 Å². The molecule has 0 radical (unpaired) electrons. The molecule has 4 heteroatoms. The first kappa shape index (κ1) is 24.5. The molecule has 3 aromatic carbocycles. The maximum Gasteiger partial charge on any atom is 0.185 e. The largest absolute Gasteiger partial charge is 0.402 e. The summed E-state index contributed by atoms with van der Waals surface area (Å²) in [7, 11) is -1.94. The number of benzene rings is 3. The van der Waals surface area contributed by atoms with Crippen LogP contribution in [0.25, 0.3) is 0 Å². The van der Waals surface area contributed by atoms with Crippen LogP contribution in [0.4, 0.5) is 0 Å². The Bertz CT molecular complexity index is 1010. The van der Waals surface area contributed by atoms with E-state index < -0.39 is 20.0 Å². The summed E-state index contributed by atoms with van der Waals surface area (Å²) in [6.45, 7) is 7.82. The first-order valence-corrected chi connectivity index (χ1v) is 15.8. The maximum absolute atomic E-state index is 10.6. The molecule has 2 atom stereocenters. The fourth-order valence-corrected chi connectivity index (χ4v) is 6.47. The predicted octanol–water partition coefficient (Wildman–Crippen LogP) is 6.88. The molecule has 34 heavy (non-hydrogen) atoms. The number of aliphatic hydroxyl groups excluding tert-OH is 1. The van der Waals surface area contributed by atoms with Crippen LogP contribution in [0.15, 0.2) is 103 Å². The molecule has 0 amide bonds. The minimum absolute atomic E-state index is 0.175. The molecule has 1 saturated heterocycles. The zero-order chi connectivity index (χ0) is 24.0. The highest BCUT2D eigenvalue weighted by atomic mass is 28.4. The van der Waals surface area contributed by atoms with Crippen molar-refractivity contribution in [2.45, 2.75) is 56.7 Å². The highest BCUT2D eigenvalue weighted by Crippen LogP contribution is 2.45. The van der Waals surface area contributed by atoms with Gasteiger partial charge in [0.15, 0.2) is 8.32 Å². The summed E-state index contributed by atoms with van der Waals surface area (Å²) in [5, 5.41) is 10.6. The summed E-state index contributed by atoms with van der Waals surface area (Å²) in [6, 6.07) is 31.5. The van der Waals surface area contributed by atoms with Crippen LogP contribution >= 0.6 is 0 Å². The molecule has 0 bridgehead atoms. The molecular weight excluding hydrogens is 434 g/mol. The van der Waals surface area contributed by atoms with Crippen LogP contribution in [-0.4, -0.2) is 30.9 Å². The number of rotatable bonds is 9. The van der Waals surface area contributed by atoms with E-state index >= 15 is 0 Å². The van der Waals surface area contributed by atoms with Gasteiger partial charge in [-0.1, -0.05) is 97.1 Å². The van der Waals surface area contributed by atoms with E-state index in [4.69, 9.17) is 4.43 Å². The molecule has 0 saturated carbocycles. The van der Waals surface area contributed by atoms with Crippen LogP contribution < -0.4 is 0 Å². The van der Waals surface area contributed by atoms with E-state index in [9.17, 15) is 5.11 Å². The number of aliphatic hydroxyl groups is 1.